The largest absolute Gasteiger partial charge is 0.507 e. The van der Waals surface area contributed by atoms with Crippen LogP contribution in [0, 0.1) is 0 Å². The summed E-state index contributed by atoms with van der Waals surface area (Å²) in [5.74, 6) is -0.776. The lowest BCUT2D eigenvalue weighted by Crippen LogP contribution is -2.47. The molecule has 0 radical (unpaired) electrons. The highest BCUT2D eigenvalue weighted by Gasteiger charge is 2.33. The zero-order valence-electron chi connectivity index (χ0n) is 8.56. The van der Waals surface area contributed by atoms with E-state index in [-0.39, 0.29) is 28.6 Å². The van der Waals surface area contributed by atoms with Crippen molar-refractivity contribution in [2.24, 2.45) is 5.73 Å². The molecule has 0 fully saturated rings. The Kier molecular flexibility index (Phi) is 2.62. The molecule has 84 valence electrons. The Balaban J connectivity index is 2.49. The number of amides is 1. The van der Waals surface area contributed by atoms with E-state index < -0.39 is 6.04 Å². The van der Waals surface area contributed by atoms with Crippen molar-refractivity contribution in [2.45, 2.75) is 12.5 Å². The minimum atomic E-state index is -0.627. The highest BCUT2D eigenvalue weighted by atomic mass is 16.3. The van der Waals surface area contributed by atoms with Crippen LogP contribution < -0.4 is 11.1 Å². The molecule has 0 unspecified atom stereocenters. The van der Waals surface area contributed by atoms with Gasteiger partial charge in [-0.2, -0.15) is 0 Å². The summed E-state index contributed by atoms with van der Waals surface area (Å²) < 4.78 is 0. The lowest BCUT2D eigenvalue weighted by Gasteiger charge is -2.24. The van der Waals surface area contributed by atoms with Gasteiger partial charge in [-0.1, -0.05) is 6.07 Å². The van der Waals surface area contributed by atoms with Gasteiger partial charge in [0.05, 0.1) is 17.2 Å². The molecular weight excluding hydrogens is 208 g/mol. The number of aromatic hydroxyl groups is 1. The predicted molar refractivity (Wildman–Crippen MR) is 57.4 cm³/mol. The van der Waals surface area contributed by atoms with Crippen molar-refractivity contribution in [3.8, 4) is 5.75 Å². The van der Waals surface area contributed by atoms with Gasteiger partial charge in [-0.05, 0) is 25.1 Å². The zero-order chi connectivity index (χ0) is 11.7. The van der Waals surface area contributed by atoms with Crippen molar-refractivity contribution in [3.63, 3.8) is 0 Å². The molecule has 0 saturated carbocycles. The number of nitrogens with one attached hydrogen (secondary N) is 1. The fourth-order valence-corrected chi connectivity index (χ4v) is 1.83. The summed E-state index contributed by atoms with van der Waals surface area (Å²) in [6.07, 6.45) is 0.373. The molecule has 0 bridgehead atoms. The minimum absolute atomic E-state index is 0.102. The van der Waals surface area contributed by atoms with Gasteiger partial charge in [0.2, 0.25) is 0 Å². The minimum Gasteiger partial charge on any atom is -0.507 e. The standard InChI is InChI=1S/C11H12N2O3/c12-5-4-7-10(15)9-6(11(16)13-7)2-1-3-8(9)14/h1-3,7,14H,4-5,12H2,(H,13,16)/t7-/m0/s1. The van der Waals surface area contributed by atoms with E-state index in [1.165, 1.54) is 18.2 Å². The van der Waals surface area contributed by atoms with Gasteiger partial charge in [0, 0.05) is 0 Å². The van der Waals surface area contributed by atoms with E-state index in [1.54, 1.807) is 0 Å². The van der Waals surface area contributed by atoms with E-state index in [0.29, 0.717) is 13.0 Å². The van der Waals surface area contributed by atoms with Crippen LogP contribution in [0.2, 0.25) is 0 Å². The molecule has 1 heterocycles. The highest BCUT2D eigenvalue weighted by molar-refractivity contribution is 6.16. The predicted octanol–water partition coefficient (Wildman–Crippen LogP) is 0.0357. The van der Waals surface area contributed by atoms with Crippen LogP contribution in [0.25, 0.3) is 0 Å². The maximum absolute atomic E-state index is 11.9. The van der Waals surface area contributed by atoms with Crippen molar-refractivity contribution in [2.75, 3.05) is 6.54 Å². The third kappa shape index (κ3) is 1.55. The molecule has 1 aromatic rings. The first-order valence-electron chi connectivity index (χ1n) is 5.02. The van der Waals surface area contributed by atoms with Crippen molar-refractivity contribution in [1.82, 2.24) is 5.32 Å². The molecule has 1 amide bonds. The number of phenols is 1. The molecule has 5 heteroatoms. The van der Waals surface area contributed by atoms with E-state index in [9.17, 15) is 14.7 Å². The Morgan fingerprint density at radius 3 is 2.81 bits per heavy atom. The van der Waals surface area contributed by atoms with Crippen molar-refractivity contribution in [1.29, 1.82) is 0 Å². The summed E-state index contributed by atoms with van der Waals surface area (Å²) in [5, 5.41) is 12.2. The van der Waals surface area contributed by atoms with E-state index in [2.05, 4.69) is 5.32 Å². The van der Waals surface area contributed by atoms with Gasteiger partial charge >= 0.3 is 0 Å². The number of nitrogens with two attached hydrogens (primary N) is 1. The average Bonchev–Trinajstić information content (AvgIpc) is 2.25. The van der Waals surface area contributed by atoms with Gasteiger partial charge in [0.1, 0.15) is 5.75 Å². The summed E-state index contributed by atoms with van der Waals surface area (Å²) >= 11 is 0. The number of Topliss-reactive ketones (excluding diaryl/α,β-unsaturated/α-hetero) is 1. The van der Waals surface area contributed by atoms with Crippen LogP contribution in [-0.4, -0.2) is 29.4 Å². The number of ketones is 1. The SMILES string of the molecule is NCC[C@@H]1NC(=O)c2cccc(O)c2C1=O. The summed E-state index contributed by atoms with van der Waals surface area (Å²) in [6, 6.07) is 3.82. The Bertz CT molecular complexity index is 457. The molecule has 1 aliphatic rings. The van der Waals surface area contributed by atoms with Gasteiger partial charge in [-0.15, -0.1) is 0 Å². The smallest absolute Gasteiger partial charge is 0.252 e. The summed E-state index contributed by atoms with van der Waals surface area (Å²) in [6.45, 7) is 0.305. The number of benzene rings is 1. The first-order valence-corrected chi connectivity index (χ1v) is 5.02. The summed E-state index contributed by atoms with van der Waals surface area (Å²) in [7, 11) is 0. The number of hydrogen-bond donors (Lipinski definition) is 3. The number of carbonyl (C=O) groups excluding carboxylic acids is 2. The third-order valence-corrected chi connectivity index (χ3v) is 2.61. The Morgan fingerprint density at radius 2 is 2.12 bits per heavy atom. The summed E-state index contributed by atoms with van der Waals surface area (Å²) in [4.78, 5) is 23.6. The number of fused-ring (bicyclic) bond motifs is 1. The second-order valence-electron chi connectivity index (χ2n) is 3.67. The van der Waals surface area contributed by atoms with E-state index in [1.807, 2.05) is 0 Å². The molecule has 16 heavy (non-hydrogen) atoms. The summed E-state index contributed by atoms with van der Waals surface area (Å²) in [5.41, 5.74) is 5.68. The molecule has 1 atom stereocenters. The zero-order valence-corrected chi connectivity index (χ0v) is 8.56. The molecule has 0 aromatic heterocycles. The molecule has 0 saturated heterocycles. The Hall–Kier alpha value is -1.88. The van der Waals surface area contributed by atoms with Gasteiger partial charge in [-0.25, -0.2) is 0 Å². The van der Waals surface area contributed by atoms with E-state index in [0.717, 1.165) is 0 Å². The molecule has 0 aliphatic carbocycles. The Morgan fingerprint density at radius 1 is 1.38 bits per heavy atom. The molecular formula is C11H12N2O3. The molecule has 1 aromatic carbocycles. The van der Waals surface area contributed by atoms with Crippen molar-refractivity contribution >= 4 is 11.7 Å². The van der Waals surface area contributed by atoms with E-state index >= 15 is 0 Å². The molecule has 0 spiro atoms. The van der Waals surface area contributed by atoms with Crippen LogP contribution in [-0.2, 0) is 0 Å². The van der Waals surface area contributed by atoms with Crippen LogP contribution >= 0.6 is 0 Å². The molecule has 4 N–H and O–H groups in total. The molecule has 2 rings (SSSR count). The van der Waals surface area contributed by atoms with Gasteiger partial charge in [0.25, 0.3) is 5.91 Å². The topological polar surface area (TPSA) is 92.4 Å². The fraction of sp³-hybridized carbons (Fsp3) is 0.273. The van der Waals surface area contributed by atoms with Gasteiger partial charge < -0.3 is 16.2 Å². The third-order valence-electron chi connectivity index (χ3n) is 2.61. The van der Waals surface area contributed by atoms with Gasteiger partial charge in [0.15, 0.2) is 5.78 Å². The lowest BCUT2D eigenvalue weighted by molar-refractivity contribution is 0.0822. The molecule has 1 aliphatic heterocycles. The highest BCUT2D eigenvalue weighted by Crippen LogP contribution is 2.26. The van der Waals surface area contributed by atoms with Crippen LogP contribution in [0.5, 0.6) is 5.75 Å². The van der Waals surface area contributed by atoms with Crippen molar-refractivity contribution < 1.29 is 14.7 Å². The second-order valence-corrected chi connectivity index (χ2v) is 3.67. The normalized spacial score (nSPS) is 19.2. The quantitative estimate of drug-likeness (QED) is 0.656. The van der Waals surface area contributed by atoms with Crippen LogP contribution in [0.15, 0.2) is 18.2 Å². The number of carbonyl (C=O) groups is 2. The fourth-order valence-electron chi connectivity index (χ4n) is 1.83. The monoisotopic (exact) mass is 220 g/mol. The van der Waals surface area contributed by atoms with Crippen LogP contribution in [0.4, 0.5) is 0 Å². The van der Waals surface area contributed by atoms with E-state index in [4.69, 9.17) is 5.73 Å². The number of hydrogen-bond acceptors (Lipinski definition) is 4. The molecule has 5 nitrogen and oxygen atoms in total. The van der Waals surface area contributed by atoms with Crippen LogP contribution in [0.3, 0.4) is 0 Å². The Labute approximate surface area is 92.3 Å². The second kappa shape index (κ2) is 3.94. The van der Waals surface area contributed by atoms with Gasteiger partial charge in [-0.3, -0.25) is 9.59 Å². The first kappa shape index (κ1) is 10.6. The maximum atomic E-state index is 11.9. The van der Waals surface area contributed by atoms with Crippen LogP contribution in [0.1, 0.15) is 27.1 Å². The van der Waals surface area contributed by atoms with Crippen molar-refractivity contribution in [3.05, 3.63) is 29.3 Å². The number of rotatable bonds is 2. The first-order chi connectivity index (χ1) is 7.65. The lowest BCUT2D eigenvalue weighted by atomic mass is 9.91. The maximum Gasteiger partial charge on any atom is 0.252 e. The average molecular weight is 220 g/mol. The number of phenolic OH excluding ortho intramolecular Hbond substituents is 1.